The lowest BCUT2D eigenvalue weighted by Gasteiger charge is -2.32. The molecule has 0 saturated carbocycles. The van der Waals surface area contributed by atoms with Crippen LogP contribution in [0, 0.1) is 0 Å². The van der Waals surface area contributed by atoms with Crippen LogP contribution >= 0.6 is 0 Å². The van der Waals surface area contributed by atoms with E-state index in [-0.39, 0.29) is 31.6 Å². The lowest BCUT2D eigenvalue weighted by Crippen LogP contribution is -2.52. The summed E-state index contributed by atoms with van der Waals surface area (Å²) in [7, 11) is -3.63. The first-order chi connectivity index (χ1) is 11.3. The van der Waals surface area contributed by atoms with E-state index >= 15 is 0 Å². The maximum absolute atomic E-state index is 12.2. The second-order valence-corrected chi connectivity index (χ2v) is 7.45. The first-order valence-electron chi connectivity index (χ1n) is 7.71. The maximum atomic E-state index is 12.2. The highest BCUT2D eigenvalue weighted by atomic mass is 32.2. The number of ether oxygens (including phenoxy) is 1. The third-order valence-corrected chi connectivity index (χ3v) is 4.49. The van der Waals surface area contributed by atoms with Gasteiger partial charge in [0.25, 0.3) is 10.1 Å². The van der Waals surface area contributed by atoms with Gasteiger partial charge in [-0.2, -0.15) is 8.42 Å². The third-order valence-electron chi connectivity index (χ3n) is 3.86. The Kier molecular flexibility index (Phi) is 6.19. The van der Waals surface area contributed by atoms with Gasteiger partial charge in [0.15, 0.2) is 0 Å². The van der Waals surface area contributed by atoms with Gasteiger partial charge in [-0.25, -0.2) is 4.79 Å². The Hall–Kier alpha value is -1.65. The largest absolute Gasteiger partial charge is 0.445 e. The second-order valence-electron chi connectivity index (χ2n) is 5.85. The molecule has 2 heterocycles. The summed E-state index contributed by atoms with van der Waals surface area (Å²) in [5, 5.41) is 2.98. The third kappa shape index (κ3) is 5.18. The molecule has 0 spiro atoms. The van der Waals surface area contributed by atoms with E-state index in [4.69, 9.17) is 8.92 Å². The molecule has 2 atom stereocenters. The summed E-state index contributed by atoms with van der Waals surface area (Å²) in [4.78, 5) is 27.2. The van der Waals surface area contributed by atoms with E-state index in [0.29, 0.717) is 26.1 Å². The molecule has 9 nitrogen and oxygen atoms in total. The molecule has 0 radical (unpaired) electrons. The summed E-state index contributed by atoms with van der Waals surface area (Å²) in [6.45, 7) is 5.47. The quantitative estimate of drug-likeness (QED) is 0.486. The van der Waals surface area contributed by atoms with Gasteiger partial charge >= 0.3 is 6.09 Å². The molecule has 0 bridgehead atoms. The molecular weight excluding hydrogens is 338 g/mol. The Bertz CT molecular complexity index is 593. The van der Waals surface area contributed by atoms with Crippen LogP contribution in [0.4, 0.5) is 4.79 Å². The molecule has 0 aliphatic carbocycles. The molecule has 2 saturated heterocycles. The fraction of sp³-hybridized carbons (Fsp3) is 0.714. The summed E-state index contributed by atoms with van der Waals surface area (Å²) in [5.74, 6) is -0.0480. The van der Waals surface area contributed by atoms with Gasteiger partial charge in [-0.05, 0) is 6.42 Å². The van der Waals surface area contributed by atoms with E-state index in [0.717, 1.165) is 6.26 Å². The first kappa shape index (κ1) is 18.7. The minimum Gasteiger partial charge on any atom is -0.445 e. The number of nitrogens with zero attached hydrogens (tertiary/aromatic N) is 2. The van der Waals surface area contributed by atoms with Crippen LogP contribution in [-0.2, 0) is 23.8 Å². The van der Waals surface area contributed by atoms with E-state index in [1.807, 2.05) is 0 Å². The molecule has 2 aliphatic rings. The van der Waals surface area contributed by atoms with Crippen LogP contribution in [0.3, 0.4) is 0 Å². The number of piperazine rings is 1. The van der Waals surface area contributed by atoms with Crippen molar-refractivity contribution in [1.82, 2.24) is 15.1 Å². The van der Waals surface area contributed by atoms with Crippen LogP contribution in [0.2, 0.25) is 0 Å². The molecule has 2 rings (SSSR count). The molecule has 24 heavy (non-hydrogen) atoms. The molecule has 0 aromatic carbocycles. The Balaban J connectivity index is 2.06. The van der Waals surface area contributed by atoms with Gasteiger partial charge in [-0.1, -0.05) is 12.7 Å². The van der Waals surface area contributed by atoms with Crippen molar-refractivity contribution in [3.05, 3.63) is 12.7 Å². The van der Waals surface area contributed by atoms with E-state index in [1.54, 1.807) is 4.90 Å². The number of likely N-dealkylation sites (tertiary alicyclic amines) is 1. The van der Waals surface area contributed by atoms with Gasteiger partial charge in [0.05, 0.1) is 31.5 Å². The number of amides is 2. The molecule has 10 heteroatoms. The number of carbonyl (C=O) groups excluding carboxylic acids is 2. The zero-order chi connectivity index (χ0) is 17.7. The maximum Gasteiger partial charge on any atom is 0.410 e. The predicted octanol–water partition coefficient (Wildman–Crippen LogP) is -0.840. The van der Waals surface area contributed by atoms with Gasteiger partial charge in [-0.15, -0.1) is 0 Å². The van der Waals surface area contributed by atoms with Gasteiger partial charge in [0, 0.05) is 19.6 Å². The number of carbonyl (C=O) groups is 2. The van der Waals surface area contributed by atoms with Crippen molar-refractivity contribution in [3.63, 3.8) is 0 Å². The lowest BCUT2D eigenvalue weighted by molar-refractivity contribution is -0.132. The highest BCUT2D eigenvalue weighted by Gasteiger charge is 2.40. The molecule has 1 N–H and O–H groups in total. The molecule has 2 aliphatic heterocycles. The Morgan fingerprint density at radius 1 is 1.50 bits per heavy atom. The number of hydrogen-bond acceptors (Lipinski definition) is 7. The van der Waals surface area contributed by atoms with Crippen LogP contribution < -0.4 is 5.32 Å². The van der Waals surface area contributed by atoms with Gasteiger partial charge < -0.3 is 19.9 Å². The zero-order valence-corrected chi connectivity index (χ0v) is 14.5. The van der Waals surface area contributed by atoms with Crippen LogP contribution in [-0.4, -0.2) is 88.0 Å². The van der Waals surface area contributed by atoms with Crippen molar-refractivity contribution < 1.29 is 26.9 Å². The Labute approximate surface area is 141 Å². The van der Waals surface area contributed by atoms with Crippen molar-refractivity contribution in [3.8, 4) is 0 Å². The second kappa shape index (κ2) is 7.95. The van der Waals surface area contributed by atoms with Crippen molar-refractivity contribution >= 4 is 22.1 Å². The normalized spacial score (nSPS) is 25.0. The van der Waals surface area contributed by atoms with Crippen molar-refractivity contribution in [1.29, 1.82) is 0 Å². The lowest BCUT2D eigenvalue weighted by atomic mass is 10.1. The topological polar surface area (TPSA) is 105 Å². The first-order valence-corrected chi connectivity index (χ1v) is 9.53. The van der Waals surface area contributed by atoms with Crippen LogP contribution in [0.25, 0.3) is 0 Å². The average Bonchev–Trinajstić information content (AvgIpc) is 2.87. The molecule has 0 unspecified atom stereocenters. The molecule has 0 aromatic rings. The van der Waals surface area contributed by atoms with Gasteiger partial charge in [0.1, 0.15) is 6.61 Å². The SMILES string of the molecule is C=CCOC(=O)N1C[C@H](OS(C)(=O)=O)C[C@H]1CN1CCNCC1=O. The summed E-state index contributed by atoms with van der Waals surface area (Å²) >= 11 is 0. The molecule has 2 fully saturated rings. The summed E-state index contributed by atoms with van der Waals surface area (Å²) in [6.07, 6.45) is 1.54. The van der Waals surface area contributed by atoms with E-state index in [1.165, 1.54) is 11.0 Å². The number of hydrogen-bond donors (Lipinski definition) is 1. The van der Waals surface area contributed by atoms with E-state index in [9.17, 15) is 18.0 Å². The molecular formula is C14H23N3O6S. The van der Waals surface area contributed by atoms with Crippen molar-refractivity contribution in [2.24, 2.45) is 0 Å². The Morgan fingerprint density at radius 2 is 2.25 bits per heavy atom. The van der Waals surface area contributed by atoms with Crippen molar-refractivity contribution in [2.45, 2.75) is 18.6 Å². The average molecular weight is 361 g/mol. The predicted molar refractivity (Wildman–Crippen MR) is 85.8 cm³/mol. The van der Waals surface area contributed by atoms with Crippen LogP contribution in [0.5, 0.6) is 0 Å². The molecule has 2 amide bonds. The molecule has 136 valence electrons. The van der Waals surface area contributed by atoms with Crippen LogP contribution in [0.15, 0.2) is 12.7 Å². The highest BCUT2D eigenvalue weighted by molar-refractivity contribution is 7.86. The summed E-state index contributed by atoms with van der Waals surface area (Å²) in [6, 6.07) is -0.351. The molecule has 0 aromatic heterocycles. The Morgan fingerprint density at radius 3 is 2.88 bits per heavy atom. The minimum absolute atomic E-state index is 0.0480. The number of rotatable bonds is 6. The zero-order valence-electron chi connectivity index (χ0n) is 13.6. The number of nitrogens with one attached hydrogen (secondary N) is 1. The fourth-order valence-electron chi connectivity index (χ4n) is 2.89. The highest BCUT2D eigenvalue weighted by Crippen LogP contribution is 2.23. The van der Waals surface area contributed by atoms with E-state index < -0.39 is 22.3 Å². The van der Waals surface area contributed by atoms with Gasteiger partial charge in [0.2, 0.25) is 5.91 Å². The fourth-order valence-corrected chi connectivity index (χ4v) is 3.53. The minimum atomic E-state index is -3.63. The standard InChI is InChI=1S/C14H23N3O6S/c1-3-6-22-14(19)17-10-12(23-24(2,20)21)7-11(17)9-16-5-4-15-8-13(16)18/h3,11-12,15H,1,4-10H2,2H3/t11-,12+/m0/s1. The van der Waals surface area contributed by atoms with Crippen LogP contribution in [0.1, 0.15) is 6.42 Å². The summed E-state index contributed by atoms with van der Waals surface area (Å²) < 4.78 is 32.7. The van der Waals surface area contributed by atoms with Crippen molar-refractivity contribution in [2.75, 3.05) is 45.6 Å². The monoisotopic (exact) mass is 361 g/mol. The summed E-state index contributed by atoms with van der Waals surface area (Å²) in [5.41, 5.74) is 0. The smallest absolute Gasteiger partial charge is 0.410 e. The van der Waals surface area contributed by atoms with E-state index in [2.05, 4.69) is 11.9 Å². The van der Waals surface area contributed by atoms with Gasteiger partial charge in [-0.3, -0.25) is 8.98 Å².